The largest absolute Gasteiger partial charge is 0.369 e. The molecule has 0 aliphatic heterocycles. The van der Waals surface area contributed by atoms with E-state index >= 15 is 0 Å². The number of amides is 1. The summed E-state index contributed by atoms with van der Waals surface area (Å²) in [4.78, 5) is 10.5. The van der Waals surface area contributed by atoms with Crippen molar-refractivity contribution in [2.45, 2.75) is 12.3 Å². The molecular formula is C11H11Cl2NO. The number of rotatable bonds is 4. The quantitative estimate of drug-likeness (QED) is 0.813. The molecule has 0 aliphatic rings. The molecule has 80 valence electrons. The van der Waals surface area contributed by atoms with Gasteiger partial charge in [-0.15, -0.1) is 11.6 Å². The molecule has 0 spiro atoms. The average molecular weight is 244 g/mol. The predicted molar refractivity (Wildman–Crippen MR) is 63.9 cm³/mol. The molecule has 0 radical (unpaired) electrons. The van der Waals surface area contributed by atoms with E-state index in [2.05, 4.69) is 0 Å². The maximum Gasteiger partial charge on any atom is 0.221 e. The smallest absolute Gasteiger partial charge is 0.221 e. The van der Waals surface area contributed by atoms with E-state index in [0.717, 1.165) is 11.1 Å². The van der Waals surface area contributed by atoms with Gasteiger partial charge < -0.3 is 5.73 Å². The highest BCUT2D eigenvalue weighted by atomic mass is 35.5. The number of nitrogens with two attached hydrogens (primary N) is 1. The first-order chi connectivity index (χ1) is 7.13. The number of alkyl halides is 1. The van der Waals surface area contributed by atoms with Crippen LogP contribution in [0.25, 0.3) is 6.08 Å². The average Bonchev–Trinajstić information content (AvgIpc) is 2.20. The monoisotopic (exact) mass is 243 g/mol. The van der Waals surface area contributed by atoms with E-state index < -0.39 is 0 Å². The Morgan fingerprint density at radius 3 is 2.80 bits per heavy atom. The maximum atomic E-state index is 10.5. The number of hydrogen-bond donors (Lipinski definition) is 1. The van der Waals surface area contributed by atoms with Crippen LogP contribution in [0.3, 0.4) is 0 Å². The van der Waals surface area contributed by atoms with Crippen molar-refractivity contribution < 1.29 is 4.79 Å². The fourth-order valence-corrected chi connectivity index (χ4v) is 1.59. The summed E-state index contributed by atoms with van der Waals surface area (Å²) in [6.07, 6.45) is 3.76. The van der Waals surface area contributed by atoms with Gasteiger partial charge in [0.15, 0.2) is 0 Å². The number of primary amides is 1. The van der Waals surface area contributed by atoms with Gasteiger partial charge in [0.25, 0.3) is 0 Å². The Labute approximate surface area is 98.7 Å². The Bertz CT molecular complexity index is 388. The third kappa shape index (κ3) is 3.94. The molecule has 0 bridgehead atoms. The summed E-state index contributed by atoms with van der Waals surface area (Å²) in [5.41, 5.74) is 6.83. The minimum atomic E-state index is -0.349. The standard InChI is InChI=1S/C11H11Cl2NO/c12-7-9-6-8(4-5-10(9)13)2-1-3-11(14)15/h1-2,4-6H,3,7H2,(H2,14,15). The first kappa shape index (κ1) is 12.1. The van der Waals surface area contributed by atoms with Crippen LogP contribution in [-0.2, 0) is 10.7 Å². The minimum absolute atomic E-state index is 0.235. The number of benzene rings is 1. The molecule has 0 fully saturated rings. The molecule has 15 heavy (non-hydrogen) atoms. The summed E-state index contributed by atoms with van der Waals surface area (Å²) in [5, 5.41) is 0.650. The summed E-state index contributed by atoms with van der Waals surface area (Å²) >= 11 is 11.6. The second kappa shape index (κ2) is 5.79. The van der Waals surface area contributed by atoms with E-state index in [1.54, 1.807) is 12.1 Å². The van der Waals surface area contributed by atoms with Gasteiger partial charge in [0, 0.05) is 17.3 Å². The number of carbonyl (C=O) groups is 1. The highest BCUT2D eigenvalue weighted by molar-refractivity contribution is 6.32. The summed E-state index contributed by atoms with van der Waals surface area (Å²) in [7, 11) is 0. The van der Waals surface area contributed by atoms with E-state index in [-0.39, 0.29) is 12.3 Å². The van der Waals surface area contributed by atoms with Crippen LogP contribution in [0.4, 0.5) is 0 Å². The first-order valence-electron chi connectivity index (χ1n) is 4.42. The summed E-state index contributed by atoms with van der Waals surface area (Å²) in [6.45, 7) is 0. The number of halogens is 2. The third-order valence-corrected chi connectivity index (χ3v) is 2.50. The van der Waals surface area contributed by atoms with Crippen molar-refractivity contribution >= 4 is 35.2 Å². The fourth-order valence-electron chi connectivity index (χ4n) is 1.11. The SMILES string of the molecule is NC(=O)CC=Cc1ccc(Cl)c(CCl)c1. The zero-order valence-electron chi connectivity index (χ0n) is 8.04. The van der Waals surface area contributed by atoms with Crippen molar-refractivity contribution in [3.8, 4) is 0 Å². The molecule has 2 nitrogen and oxygen atoms in total. The molecule has 1 amide bonds. The van der Waals surface area contributed by atoms with Crippen molar-refractivity contribution in [2.24, 2.45) is 5.73 Å². The normalized spacial score (nSPS) is 10.8. The molecule has 0 saturated carbocycles. The van der Waals surface area contributed by atoms with Crippen molar-refractivity contribution in [1.29, 1.82) is 0 Å². The molecule has 2 N–H and O–H groups in total. The third-order valence-electron chi connectivity index (χ3n) is 1.84. The number of carbonyl (C=O) groups excluding carboxylic acids is 1. The van der Waals surface area contributed by atoms with Gasteiger partial charge in [0.1, 0.15) is 0 Å². The molecule has 0 aliphatic carbocycles. The second-order valence-electron chi connectivity index (χ2n) is 3.06. The van der Waals surface area contributed by atoms with Crippen molar-refractivity contribution in [3.63, 3.8) is 0 Å². The lowest BCUT2D eigenvalue weighted by Crippen LogP contribution is -2.07. The molecule has 1 rings (SSSR count). The Balaban J connectivity index is 2.78. The van der Waals surface area contributed by atoms with E-state index in [0.29, 0.717) is 10.9 Å². The summed E-state index contributed by atoms with van der Waals surface area (Å²) < 4.78 is 0. The van der Waals surface area contributed by atoms with Crippen LogP contribution in [0, 0.1) is 0 Å². The van der Waals surface area contributed by atoms with Gasteiger partial charge >= 0.3 is 0 Å². The fraction of sp³-hybridized carbons (Fsp3) is 0.182. The van der Waals surface area contributed by atoms with E-state index in [4.69, 9.17) is 28.9 Å². The van der Waals surface area contributed by atoms with Gasteiger partial charge in [-0.3, -0.25) is 4.79 Å². The first-order valence-corrected chi connectivity index (χ1v) is 5.34. The van der Waals surface area contributed by atoms with Crippen molar-refractivity contribution in [2.75, 3.05) is 0 Å². The van der Waals surface area contributed by atoms with E-state index in [9.17, 15) is 4.79 Å². The van der Waals surface area contributed by atoms with Crippen LogP contribution < -0.4 is 5.73 Å². The van der Waals surface area contributed by atoms with Gasteiger partial charge in [-0.1, -0.05) is 29.8 Å². The Morgan fingerprint density at radius 1 is 1.47 bits per heavy atom. The zero-order valence-corrected chi connectivity index (χ0v) is 9.55. The molecule has 0 saturated heterocycles. The Hall–Kier alpha value is -0.990. The van der Waals surface area contributed by atoms with Crippen LogP contribution in [0.15, 0.2) is 24.3 Å². The zero-order chi connectivity index (χ0) is 11.3. The lowest BCUT2D eigenvalue weighted by Gasteiger charge is -2.01. The summed E-state index contributed by atoms with van der Waals surface area (Å²) in [6, 6.07) is 5.52. The van der Waals surface area contributed by atoms with Crippen LogP contribution >= 0.6 is 23.2 Å². The van der Waals surface area contributed by atoms with Crippen molar-refractivity contribution in [1.82, 2.24) is 0 Å². The number of hydrogen-bond acceptors (Lipinski definition) is 1. The molecule has 0 aromatic heterocycles. The lowest BCUT2D eigenvalue weighted by atomic mass is 10.1. The van der Waals surface area contributed by atoms with Crippen molar-refractivity contribution in [3.05, 3.63) is 40.4 Å². The minimum Gasteiger partial charge on any atom is -0.369 e. The van der Waals surface area contributed by atoms with Crippen LogP contribution in [-0.4, -0.2) is 5.91 Å². The molecule has 0 unspecified atom stereocenters. The highest BCUT2D eigenvalue weighted by Gasteiger charge is 1.98. The highest BCUT2D eigenvalue weighted by Crippen LogP contribution is 2.20. The molecule has 0 atom stereocenters. The second-order valence-corrected chi connectivity index (χ2v) is 3.73. The topological polar surface area (TPSA) is 43.1 Å². The summed E-state index contributed by atoms with van der Waals surface area (Å²) in [5.74, 6) is 0.0221. The molecule has 4 heteroatoms. The van der Waals surface area contributed by atoms with Gasteiger partial charge in [-0.05, 0) is 23.3 Å². The van der Waals surface area contributed by atoms with Gasteiger partial charge in [-0.2, -0.15) is 0 Å². The Morgan fingerprint density at radius 2 is 2.20 bits per heavy atom. The maximum absolute atomic E-state index is 10.5. The van der Waals surface area contributed by atoms with Gasteiger partial charge in [0.2, 0.25) is 5.91 Å². The predicted octanol–water partition coefficient (Wildman–Crippen LogP) is 2.97. The van der Waals surface area contributed by atoms with E-state index in [1.165, 1.54) is 0 Å². The van der Waals surface area contributed by atoms with Crippen LogP contribution in [0.2, 0.25) is 5.02 Å². The van der Waals surface area contributed by atoms with Crippen LogP contribution in [0.1, 0.15) is 17.5 Å². The van der Waals surface area contributed by atoms with Gasteiger partial charge in [-0.25, -0.2) is 0 Å². The molecule has 1 aromatic rings. The Kier molecular flexibility index (Phi) is 4.66. The van der Waals surface area contributed by atoms with Gasteiger partial charge in [0.05, 0.1) is 0 Å². The molecular weight excluding hydrogens is 233 g/mol. The van der Waals surface area contributed by atoms with Crippen LogP contribution in [0.5, 0.6) is 0 Å². The van der Waals surface area contributed by atoms with E-state index in [1.807, 2.05) is 18.2 Å². The lowest BCUT2D eigenvalue weighted by molar-refractivity contribution is -0.117. The molecule has 1 aromatic carbocycles. The molecule has 0 heterocycles.